The van der Waals surface area contributed by atoms with Crippen molar-refractivity contribution in [2.75, 3.05) is 20.9 Å². The van der Waals surface area contributed by atoms with Gasteiger partial charge >= 0.3 is 5.97 Å². The van der Waals surface area contributed by atoms with Crippen LogP contribution in [0.25, 0.3) is 0 Å². The molecule has 0 aliphatic carbocycles. The van der Waals surface area contributed by atoms with Crippen LogP contribution < -0.4 is 0 Å². The zero-order valence-corrected chi connectivity index (χ0v) is 11.3. The quantitative estimate of drug-likeness (QED) is 0.622. The molecule has 0 heterocycles. The van der Waals surface area contributed by atoms with Crippen LogP contribution >= 0.6 is 0 Å². The standard InChI is InChI=1S/C11H12F2O3.C3H6/c1-15-10(6-12)9-5-7(13)3-4-8(9)11(14)16-2;1-3-2/h3-5,10H,6H2,1-2H3;3H,1H2,2H3. The molecular weight excluding hydrogens is 254 g/mol. The number of allylic oxidation sites excluding steroid dienone is 1. The number of rotatable bonds is 4. The van der Waals surface area contributed by atoms with E-state index in [1.807, 2.05) is 6.92 Å². The highest BCUT2D eigenvalue weighted by Gasteiger charge is 2.20. The highest BCUT2D eigenvalue weighted by molar-refractivity contribution is 5.91. The van der Waals surface area contributed by atoms with Crippen LogP contribution in [0.3, 0.4) is 0 Å². The average molecular weight is 272 g/mol. The van der Waals surface area contributed by atoms with E-state index in [1.165, 1.54) is 20.3 Å². The summed E-state index contributed by atoms with van der Waals surface area (Å²) >= 11 is 0. The Morgan fingerprint density at radius 3 is 2.47 bits per heavy atom. The first kappa shape index (κ1) is 17.2. The Balaban J connectivity index is 0.000000982. The number of carbonyl (C=O) groups excluding carboxylic acids is 1. The lowest BCUT2D eigenvalue weighted by Crippen LogP contribution is -2.12. The molecule has 0 radical (unpaired) electrons. The van der Waals surface area contributed by atoms with Crippen LogP contribution in [0.5, 0.6) is 0 Å². The van der Waals surface area contributed by atoms with E-state index in [0.717, 1.165) is 12.1 Å². The first-order valence-corrected chi connectivity index (χ1v) is 5.59. The summed E-state index contributed by atoms with van der Waals surface area (Å²) in [5.74, 6) is -1.20. The molecular formula is C14H18F2O3. The molecule has 1 aromatic carbocycles. The van der Waals surface area contributed by atoms with Gasteiger partial charge < -0.3 is 9.47 Å². The molecule has 0 amide bonds. The highest BCUT2D eigenvalue weighted by atomic mass is 19.1. The van der Waals surface area contributed by atoms with Gasteiger partial charge in [0.25, 0.3) is 0 Å². The van der Waals surface area contributed by atoms with Gasteiger partial charge in [0.15, 0.2) is 0 Å². The third-order valence-electron chi connectivity index (χ3n) is 2.19. The molecule has 0 aliphatic rings. The third kappa shape index (κ3) is 5.18. The van der Waals surface area contributed by atoms with Gasteiger partial charge in [-0.3, -0.25) is 0 Å². The highest BCUT2D eigenvalue weighted by Crippen LogP contribution is 2.23. The second kappa shape index (κ2) is 9.22. The molecule has 5 heteroatoms. The minimum absolute atomic E-state index is 0.105. The number of hydrogen-bond acceptors (Lipinski definition) is 3. The van der Waals surface area contributed by atoms with E-state index >= 15 is 0 Å². The fourth-order valence-electron chi connectivity index (χ4n) is 1.37. The minimum atomic E-state index is -0.968. The smallest absolute Gasteiger partial charge is 0.338 e. The summed E-state index contributed by atoms with van der Waals surface area (Å²) in [5, 5.41) is 0. The van der Waals surface area contributed by atoms with Gasteiger partial charge in [-0.1, -0.05) is 6.08 Å². The lowest BCUT2D eigenvalue weighted by molar-refractivity contribution is 0.0570. The summed E-state index contributed by atoms with van der Waals surface area (Å²) in [6.45, 7) is 4.41. The van der Waals surface area contributed by atoms with E-state index in [-0.39, 0.29) is 11.1 Å². The first-order valence-electron chi connectivity index (χ1n) is 5.59. The maximum atomic E-state index is 13.0. The SMILES string of the molecule is C=CC.COC(=O)c1ccc(F)cc1C(CF)OC. The van der Waals surface area contributed by atoms with Gasteiger partial charge in [-0.2, -0.15) is 0 Å². The molecule has 106 valence electrons. The zero-order valence-electron chi connectivity index (χ0n) is 11.3. The van der Waals surface area contributed by atoms with Crippen molar-refractivity contribution in [3.63, 3.8) is 0 Å². The van der Waals surface area contributed by atoms with Crippen LogP contribution in [-0.4, -0.2) is 26.9 Å². The van der Waals surface area contributed by atoms with Crippen LogP contribution in [0.1, 0.15) is 28.9 Å². The molecule has 1 aromatic rings. The molecule has 0 spiro atoms. The van der Waals surface area contributed by atoms with E-state index in [4.69, 9.17) is 4.74 Å². The Bertz CT molecular complexity index is 415. The number of methoxy groups -OCH3 is 2. The molecule has 0 fully saturated rings. The molecule has 0 aromatic heterocycles. The fourth-order valence-corrected chi connectivity index (χ4v) is 1.37. The van der Waals surface area contributed by atoms with Crippen molar-refractivity contribution in [2.24, 2.45) is 0 Å². The predicted octanol–water partition coefficient (Wildman–Crippen LogP) is 3.46. The van der Waals surface area contributed by atoms with Crippen LogP contribution in [0.4, 0.5) is 8.78 Å². The maximum absolute atomic E-state index is 13.0. The maximum Gasteiger partial charge on any atom is 0.338 e. The molecule has 0 aliphatic heterocycles. The monoisotopic (exact) mass is 272 g/mol. The van der Waals surface area contributed by atoms with Crippen molar-refractivity contribution in [3.05, 3.63) is 47.8 Å². The van der Waals surface area contributed by atoms with Gasteiger partial charge in [0, 0.05) is 12.7 Å². The predicted molar refractivity (Wildman–Crippen MR) is 69.3 cm³/mol. The molecule has 3 nitrogen and oxygen atoms in total. The van der Waals surface area contributed by atoms with Crippen molar-refractivity contribution in [3.8, 4) is 0 Å². The fraction of sp³-hybridized carbons (Fsp3) is 0.357. The number of esters is 1. The lowest BCUT2D eigenvalue weighted by atomic mass is 10.0. The molecule has 0 saturated carbocycles. The number of alkyl halides is 1. The third-order valence-corrected chi connectivity index (χ3v) is 2.19. The van der Waals surface area contributed by atoms with E-state index in [1.54, 1.807) is 6.08 Å². The van der Waals surface area contributed by atoms with E-state index in [2.05, 4.69) is 11.3 Å². The molecule has 1 rings (SSSR count). The number of ether oxygens (including phenoxy) is 2. The van der Waals surface area contributed by atoms with Gasteiger partial charge in [-0.15, -0.1) is 6.58 Å². The van der Waals surface area contributed by atoms with E-state index in [9.17, 15) is 13.6 Å². The summed E-state index contributed by atoms with van der Waals surface area (Å²) in [4.78, 5) is 11.4. The Morgan fingerprint density at radius 1 is 1.47 bits per heavy atom. The van der Waals surface area contributed by atoms with Crippen molar-refractivity contribution in [1.29, 1.82) is 0 Å². The topological polar surface area (TPSA) is 35.5 Å². The number of hydrogen-bond donors (Lipinski definition) is 0. The van der Waals surface area contributed by atoms with Crippen molar-refractivity contribution < 1.29 is 23.0 Å². The molecule has 0 bridgehead atoms. The molecule has 0 N–H and O–H groups in total. The Labute approximate surface area is 111 Å². The first-order chi connectivity index (χ1) is 9.05. The summed E-state index contributed by atoms with van der Waals surface area (Å²) < 4.78 is 35.0. The second-order valence-electron chi connectivity index (χ2n) is 3.51. The van der Waals surface area contributed by atoms with Crippen LogP contribution in [0.15, 0.2) is 30.9 Å². The van der Waals surface area contributed by atoms with Gasteiger partial charge in [0.05, 0.1) is 12.7 Å². The van der Waals surface area contributed by atoms with Crippen LogP contribution in [0, 0.1) is 5.82 Å². The molecule has 1 unspecified atom stereocenters. The lowest BCUT2D eigenvalue weighted by Gasteiger charge is -2.15. The zero-order chi connectivity index (χ0) is 14.8. The molecule has 1 atom stereocenters. The van der Waals surface area contributed by atoms with Crippen molar-refractivity contribution >= 4 is 5.97 Å². The van der Waals surface area contributed by atoms with Gasteiger partial charge in [0.1, 0.15) is 18.6 Å². The molecule has 0 saturated heterocycles. The van der Waals surface area contributed by atoms with Gasteiger partial charge in [-0.05, 0) is 25.1 Å². The van der Waals surface area contributed by atoms with Crippen LogP contribution in [-0.2, 0) is 9.47 Å². The Morgan fingerprint density at radius 2 is 2.05 bits per heavy atom. The average Bonchev–Trinajstić information content (AvgIpc) is 2.40. The van der Waals surface area contributed by atoms with E-state index in [0.29, 0.717) is 0 Å². The second-order valence-corrected chi connectivity index (χ2v) is 3.51. The minimum Gasteiger partial charge on any atom is -0.465 e. The van der Waals surface area contributed by atoms with Gasteiger partial charge in [-0.25, -0.2) is 13.6 Å². The van der Waals surface area contributed by atoms with Gasteiger partial charge in [0.2, 0.25) is 0 Å². The number of halogens is 2. The van der Waals surface area contributed by atoms with Crippen LogP contribution in [0.2, 0.25) is 0 Å². The summed E-state index contributed by atoms with van der Waals surface area (Å²) in [6.07, 6.45) is 0.782. The number of benzene rings is 1. The normalized spacial score (nSPS) is 11.0. The van der Waals surface area contributed by atoms with Crippen molar-refractivity contribution in [1.82, 2.24) is 0 Å². The van der Waals surface area contributed by atoms with E-state index < -0.39 is 24.6 Å². The summed E-state index contributed by atoms with van der Waals surface area (Å²) in [7, 11) is 2.49. The van der Waals surface area contributed by atoms with Crippen molar-refractivity contribution in [2.45, 2.75) is 13.0 Å². The molecule has 19 heavy (non-hydrogen) atoms. The summed E-state index contributed by atoms with van der Waals surface area (Å²) in [5.41, 5.74) is 0.255. The Hall–Kier alpha value is -1.75. The number of carbonyl (C=O) groups is 1. The largest absolute Gasteiger partial charge is 0.465 e. The Kier molecular flexibility index (Phi) is 8.37. The summed E-state index contributed by atoms with van der Waals surface area (Å²) in [6, 6.07) is 3.43.